The number of hydrogen-bond acceptors (Lipinski definition) is 7. The van der Waals surface area contributed by atoms with Crippen LogP contribution in [0, 0.1) is 0 Å². The average molecular weight is 417 g/mol. The molecule has 4 heterocycles. The number of anilines is 1. The summed E-state index contributed by atoms with van der Waals surface area (Å²) in [6.45, 7) is 1.31. The van der Waals surface area contributed by atoms with Crippen LogP contribution >= 0.6 is 11.3 Å². The topological polar surface area (TPSA) is 64.0 Å². The number of nitrogens with zero attached hydrogens (tertiary/aromatic N) is 5. The molecule has 0 unspecified atom stereocenters. The van der Waals surface area contributed by atoms with E-state index in [1.807, 2.05) is 4.90 Å². The van der Waals surface area contributed by atoms with Gasteiger partial charge in [-0.2, -0.15) is 0 Å². The van der Waals surface area contributed by atoms with Gasteiger partial charge in [0.2, 0.25) is 6.43 Å². The van der Waals surface area contributed by atoms with Crippen LogP contribution in [0.5, 0.6) is 0 Å². The number of rotatable bonds is 4. The molecule has 1 aliphatic carbocycles. The Hall–Kier alpha value is -2.26. The summed E-state index contributed by atoms with van der Waals surface area (Å²) in [4.78, 5) is 22.4. The maximum atomic E-state index is 13.2. The Labute approximate surface area is 171 Å². The molecule has 0 radical (unpaired) electrons. The minimum atomic E-state index is -2.39. The van der Waals surface area contributed by atoms with E-state index in [0.29, 0.717) is 24.7 Å². The van der Waals surface area contributed by atoms with Gasteiger partial charge in [0.25, 0.3) is 0 Å². The van der Waals surface area contributed by atoms with Crippen molar-refractivity contribution in [3.05, 3.63) is 29.0 Å². The van der Waals surface area contributed by atoms with Gasteiger partial charge < -0.3 is 9.64 Å². The zero-order valence-electron chi connectivity index (χ0n) is 15.9. The van der Waals surface area contributed by atoms with E-state index in [1.54, 1.807) is 29.9 Å². The Balaban J connectivity index is 1.69. The molecule has 0 saturated carbocycles. The highest BCUT2D eigenvalue weighted by Gasteiger charge is 2.31. The Kier molecular flexibility index (Phi) is 5.09. The molecular formula is C20H21F2N5OS. The van der Waals surface area contributed by atoms with Crippen LogP contribution in [0.25, 0.3) is 21.7 Å². The van der Waals surface area contributed by atoms with E-state index in [-0.39, 0.29) is 13.0 Å². The lowest BCUT2D eigenvalue weighted by molar-refractivity contribution is 0.0582. The second kappa shape index (κ2) is 7.87. The minimum Gasteiger partial charge on any atom is -0.377 e. The number of thiophene rings is 1. The Morgan fingerprint density at radius 2 is 2.10 bits per heavy atom. The Morgan fingerprint density at radius 1 is 1.21 bits per heavy atom. The van der Waals surface area contributed by atoms with Crippen molar-refractivity contribution in [3.8, 4) is 11.5 Å². The summed E-state index contributed by atoms with van der Waals surface area (Å²) < 4.78 is 32.0. The van der Waals surface area contributed by atoms with Crippen molar-refractivity contribution in [1.29, 1.82) is 0 Å². The number of halogens is 2. The number of aromatic nitrogens is 4. The van der Waals surface area contributed by atoms with Gasteiger partial charge in [-0.1, -0.05) is 0 Å². The molecule has 0 amide bonds. The van der Waals surface area contributed by atoms with Crippen molar-refractivity contribution in [2.45, 2.75) is 44.6 Å². The lowest BCUT2D eigenvalue weighted by Crippen LogP contribution is -2.47. The van der Waals surface area contributed by atoms with Crippen molar-refractivity contribution >= 4 is 27.4 Å². The van der Waals surface area contributed by atoms with Gasteiger partial charge in [0.1, 0.15) is 16.3 Å². The van der Waals surface area contributed by atoms with Gasteiger partial charge in [-0.25, -0.2) is 23.7 Å². The molecule has 3 aromatic heterocycles. The first-order chi connectivity index (χ1) is 14.2. The summed E-state index contributed by atoms with van der Waals surface area (Å²) in [6.07, 6.45) is 6.55. The largest absolute Gasteiger partial charge is 0.377 e. The molecular weight excluding hydrogens is 396 g/mol. The Morgan fingerprint density at radius 3 is 2.93 bits per heavy atom. The summed E-state index contributed by atoms with van der Waals surface area (Å²) in [7, 11) is 0. The molecule has 0 spiro atoms. The monoisotopic (exact) mass is 417 g/mol. The maximum Gasteiger partial charge on any atom is 0.240 e. The Bertz CT molecular complexity index is 1010. The molecule has 1 fully saturated rings. The highest BCUT2D eigenvalue weighted by Crippen LogP contribution is 2.41. The molecule has 1 saturated heterocycles. The number of alkyl halides is 2. The molecule has 152 valence electrons. The summed E-state index contributed by atoms with van der Waals surface area (Å²) >= 11 is 1.70. The molecule has 0 aromatic carbocycles. The zero-order chi connectivity index (χ0) is 19.8. The molecule has 29 heavy (non-hydrogen) atoms. The normalized spacial score (nSPS) is 19.7. The van der Waals surface area contributed by atoms with Gasteiger partial charge in [0.15, 0.2) is 5.82 Å². The van der Waals surface area contributed by atoms with E-state index in [9.17, 15) is 8.78 Å². The van der Waals surface area contributed by atoms with Crippen molar-refractivity contribution in [1.82, 2.24) is 19.9 Å². The molecule has 5 rings (SSSR count). The van der Waals surface area contributed by atoms with Crippen LogP contribution in [0.15, 0.2) is 18.6 Å². The number of hydrogen-bond donors (Lipinski definition) is 0. The standard InChI is InChI=1S/C20H21F2N5OS/c21-16(22)9-12-11-28-8-7-27(12)19-17-13-3-1-2-4-15(13)29-20(17)26-18(25-19)14-10-23-5-6-24-14/h5-6,10,12,16H,1-4,7-9,11H2/t12-/m1/s1. The fourth-order valence-electron chi connectivity index (χ4n) is 4.21. The summed E-state index contributed by atoms with van der Waals surface area (Å²) in [5, 5.41) is 1.03. The minimum absolute atomic E-state index is 0.238. The van der Waals surface area contributed by atoms with Gasteiger partial charge in [-0.15, -0.1) is 11.3 Å². The number of aryl methyl sites for hydroxylation is 2. The smallest absolute Gasteiger partial charge is 0.240 e. The van der Waals surface area contributed by atoms with Crippen LogP contribution in [0.2, 0.25) is 0 Å². The second-order valence-electron chi connectivity index (χ2n) is 7.40. The predicted molar refractivity (Wildman–Crippen MR) is 108 cm³/mol. The van der Waals surface area contributed by atoms with E-state index in [4.69, 9.17) is 14.7 Å². The quantitative estimate of drug-likeness (QED) is 0.642. The maximum absolute atomic E-state index is 13.2. The first kappa shape index (κ1) is 18.7. The highest BCUT2D eigenvalue weighted by molar-refractivity contribution is 7.19. The van der Waals surface area contributed by atoms with Gasteiger partial charge >= 0.3 is 0 Å². The molecule has 1 atom stereocenters. The molecule has 6 nitrogen and oxygen atoms in total. The lowest BCUT2D eigenvalue weighted by atomic mass is 9.96. The SMILES string of the molecule is FC(F)C[C@@H]1COCCN1c1nc(-c2cnccn2)nc2sc3c(c12)CCCC3. The van der Waals surface area contributed by atoms with E-state index in [0.717, 1.165) is 35.3 Å². The molecule has 1 aliphatic heterocycles. The van der Waals surface area contributed by atoms with Crippen molar-refractivity contribution in [3.63, 3.8) is 0 Å². The average Bonchev–Trinajstić information content (AvgIpc) is 3.12. The van der Waals surface area contributed by atoms with E-state index in [2.05, 4.69) is 9.97 Å². The molecule has 2 aliphatic rings. The van der Waals surface area contributed by atoms with Gasteiger partial charge in [-0.05, 0) is 31.2 Å². The summed E-state index contributed by atoms with van der Waals surface area (Å²) in [5.41, 5.74) is 1.87. The van der Waals surface area contributed by atoms with E-state index >= 15 is 0 Å². The van der Waals surface area contributed by atoms with Crippen molar-refractivity contribution in [2.75, 3.05) is 24.7 Å². The van der Waals surface area contributed by atoms with Crippen LogP contribution in [0.4, 0.5) is 14.6 Å². The van der Waals surface area contributed by atoms with Gasteiger partial charge in [-0.3, -0.25) is 4.98 Å². The molecule has 0 N–H and O–H groups in total. The van der Waals surface area contributed by atoms with E-state index < -0.39 is 12.5 Å². The second-order valence-corrected chi connectivity index (χ2v) is 8.49. The van der Waals surface area contributed by atoms with Crippen LogP contribution in [0.3, 0.4) is 0 Å². The zero-order valence-corrected chi connectivity index (χ0v) is 16.7. The molecule has 0 bridgehead atoms. The van der Waals surface area contributed by atoms with E-state index in [1.165, 1.54) is 16.9 Å². The molecule has 9 heteroatoms. The van der Waals surface area contributed by atoms with Crippen molar-refractivity contribution < 1.29 is 13.5 Å². The van der Waals surface area contributed by atoms with Crippen LogP contribution in [-0.4, -0.2) is 52.2 Å². The number of ether oxygens (including phenoxy) is 1. The van der Waals surface area contributed by atoms with Crippen LogP contribution < -0.4 is 4.90 Å². The summed E-state index contributed by atoms with van der Waals surface area (Å²) in [5.74, 6) is 1.23. The van der Waals surface area contributed by atoms with Gasteiger partial charge in [0, 0.05) is 30.2 Å². The van der Waals surface area contributed by atoms with Gasteiger partial charge in [0.05, 0.1) is 30.8 Å². The first-order valence-corrected chi connectivity index (χ1v) is 10.7. The third-order valence-electron chi connectivity index (χ3n) is 5.54. The number of fused-ring (bicyclic) bond motifs is 3. The predicted octanol–water partition coefficient (Wildman–Crippen LogP) is 3.89. The fraction of sp³-hybridized carbons (Fsp3) is 0.500. The van der Waals surface area contributed by atoms with Crippen molar-refractivity contribution in [2.24, 2.45) is 0 Å². The molecule has 3 aromatic rings. The fourth-order valence-corrected chi connectivity index (χ4v) is 5.47. The summed E-state index contributed by atoms with van der Waals surface area (Å²) in [6, 6.07) is -0.407. The third kappa shape index (κ3) is 3.57. The lowest BCUT2D eigenvalue weighted by Gasteiger charge is -2.37. The highest BCUT2D eigenvalue weighted by atomic mass is 32.1. The van der Waals surface area contributed by atoms with Crippen LogP contribution in [-0.2, 0) is 17.6 Å². The third-order valence-corrected chi connectivity index (χ3v) is 6.72. The number of morpholine rings is 1. The first-order valence-electron chi connectivity index (χ1n) is 9.92. The van der Waals surface area contributed by atoms with Crippen LogP contribution in [0.1, 0.15) is 29.7 Å².